The molecular formula is C18H18N2O4. The first-order chi connectivity index (χ1) is 11.3. The van der Waals surface area contributed by atoms with E-state index in [0.717, 1.165) is 4.90 Å². The van der Waals surface area contributed by atoms with Crippen LogP contribution in [-0.2, 0) is 4.79 Å². The molecule has 0 saturated carbocycles. The highest BCUT2D eigenvalue weighted by Gasteiger charge is 2.45. The van der Waals surface area contributed by atoms with Gasteiger partial charge in [-0.05, 0) is 25.3 Å². The SMILES string of the molecule is Cc1nc2ccccc2c2c1C(=O)N(C(CC(C)C)C(=O)O)C2=O. The number of aliphatic carboxylic acids is 1. The fourth-order valence-electron chi connectivity index (χ4n) is 3.20. The molecule has 6 nitrogen and oxygen atoms in total. The number of hydrogen-bond acceptors (Lipinski definition) is 4. The molecule has 0 fully saturated rings. The molecule has 3 rings (SSSR count). The number of fused-ring (bicyclic) bond motifs is 3. The minimum atomic E-state index is -1.17. The monoisotopic (exact) mass is 326 g/mol. The molecule has 2 aromatic rings. The van der Waals surface area contributed by atoms with Crippen molar-refractivity contribution < 1.29 is 19.5 Å². The maximum atomic E-state index is 12.9. The highest BCUT2D eigenvalue weighted by Crippen LogP contribution is 2.33. The molecule has 0 aliphatic carbocycles. The third-order valence-electron chi connectivity index (χ3n) is 4.23. The van der Waals surface area contributed by atoms with Crippen LogP contribution in [0.3, 0.4) is 0 Å². The number of aromatic nitrogens is 1. The average Bonchev–Trinajstić information content (AvgIpc) is 2.77. The van der Waals surface area contributed by atoms with Crippen LogP contribution < -0.4 is 0 Å². The van der Waals surface area contributed by atoms with E-state index in [1.165, 1.54) is 0 Å². The number of carboxylic acids is 1. The van der Waals surface area contributed by atoms with E-state index in [4.69, 9.17) is 0 Å². The normalized spacial score (nSPS) is 15.2. The number of nitrogens with zero attached hydrogens (tertiary/aromatic N) is 2. The van der Waals surface area contributed by atoms with Crippen molar-refractivity contribution in [2.75, 3.05) is 0 Å². The van der Waals surface area contributed by atoms with Crippen LogP contribution in [-0.4, -0.2) is 38.8 Å². The minimum absolute atomic E-state index is 0.0337. The molecule has 2 amide bonds. The van der Waals surface area contributed by atoms with E-state index in [9.17, 15) is 19.5 Å². The summed E-state index contributed by atoms with van der Waals surface area (Å²) in [6.45, 7) is 5.38. The van der Waals surface area contributed by atoms with Crippen LogP contribution in [0.1, 0.15) is 46.7 Å². The minimum Gasteiger partial charge on any atom is -0.480 e. The number of benzene rings is 1. The van der Waals surface area contributed by atoms with Crippen molar-refractivity contribution in [3.63, 3.8) is 0 Å². The van der Waals surface area contributed by atoms with Crippen LogP contribution >= 0.6 is 0 Å². The second-order valence-electron chi connectivity index (χ2n) is 6.43. The molecule has 1 aliphatic heterocycles. The van der Waals surface area contributed by atoms with E-state index < -0.39 is 23.8 Å². The lowest BCUT2D eigenvalue weighted by molar-refractivity contribution is -0.142. The molecule has 0 saturated heterocycles. The van der Waals surface area contributed by atoms with Gasteiger partial charge in [0, 0.05) is 5.39 Å². The summed E-state index contributed by atoms with van der Waals surface area (Å²) in [5, 5.41) is 10.1. The molecule has 6 heteroatoms. The molecule has 1 aliphatic rings. The van der Waals surface area contributed by atoms with Crippen LogP contribution in [0.4, 0.5) is 0 Å². The first kappa shape index (κ1) is 16.1. The maximum absolute atomic E-state index is 12.9. The Balaban J connectivity index is 2.19. The number of hydrogen-bond donors (Lipinski definition) is 1. The summed E-state index contributed by atoms with van der Waals surface area (Å²) in [4.78, 5) is 42.6. The zero-order chi connectivity index (χ0) is 17.6. The van der Waals surface area contributed by atoms with Gasteiger partial charge in [-0.3, -0.25) is 19.5 Å². The number of carboxylic acid groups (broad SMARTS) is 1. The molecular weight excluding hydrogens is 308 g/mol. The van der Waals surface area contributed by atoms with Crippen molar-refractivity contribution in [3.05, 3.63) is 41.1 Å². The number of pyridine rings is 1. The summed E-state index contributed by atoms with van der Waals surface area (Å²) in [5.74, 6) is -2.26. The number of carbonyl (C=O) groups is 3. The summed E-state index contributed by atoms with van der Waals surface area (Å²) in [5.41, 5.74) is 1.54. The highest BCUT2D eigenvalue weighted by molar-refractivity contribution is 6.27. The molecule has 124 valence electrons. The lowest BCUT2D eigenvalue weighted by atomic mass is 10.0. The molecule has 1 aromatic heterocycles. The van der Waals surface area contributed by atoms with E-state index in [-0.39, 0.29) is 23.5 Å². The molecule has 24 heavy (non-hydrogen) atoms. The zero-order valence-corrected chi connectivity index (χ0v) is 13.7. The Morgan fingerprint density at radius 3 is 2.42 bits per heavy atom. The van der Waals surface area contributed by atoms with Gasteiger partial charge >= 0.3 is 5.97 Å². The number of imide groups is 1. The van der Waals surface area contributed by atoms with Crippen LogP contribution in [0.25, 0.3) is 10.9 Å². The van der Waals surface area contributed by atoms with Gasteiger partial charge in [-0.15, -0.1) is 0 Å². The number of rotatable bonds is 4. The number of para-hydroxylation sites is 1. The van der Waals surface area contributed by atoms with Crippen LogP contribution in [0, 0.1) is 12.8 Å². The van der Waals surface area contributed by atoms with Crippen molar-refractivity contribution in [2.24, 2.45) is 5.92 Å². The second kappa shape index (κ2) is 5.70. The van der Waals surface area contributed by atoms with Crippen molar-refractivity contribution in [3.8, 4) is 0 Å². The Hall–Kier alpha value is -2.76. The standard InChI is InChI=1S/C18H18N2O4/c1-9(2)8-13(18(23)24)20-16(21)14-10(3)19-12-7-5-4-6-11(12)15(14)17(20)22/h4-7,9,13H,8H2,1-3H3,(H,23,24). The Labute approximate surface area is 139 Å². The van der Waals surface area contributed by atoms with E-state index in [1.54, 1.807) is 31.2 Å². The summed E-state index contributed by atoms with van der Waals surface area (Å²) >= 11 is 0. The van der Waals surface area contributed by atoms with E-state index in [1.807, 2.05) is 13.8 Å². The predicted molar refractivity (Wildman–Crippen MR) is 87.9 cm³/mol. The van der Waals surface area contributed by atoms with Crippen molar-refractivity contribution in [2.45, 2.75) is 33.2 Å². The smallest absolute Gasteiger partial charge is 0.326 e. The van der Waals surface area contributed by atoms with Gasteiger partial charge in [-0.25, -0.2) is 4.79 Å². The van der Waals surface area contributed by atoms with Crippen molar-refractivity contribution in [1.82, 2.24) is 9.88 Å². The maximum Gasteiger partial charge on any atom is 0.326 e. The molecule has 2 heterocycles. The molecule has 1 N–H and O–H groups in total. The fraction of sp³-hybridized carbons (Fsp3) is 0.333. The van der Waals surface area contributed by atoms with Gasteiger partial charge in [0.25, 0.3) is 11.8 Å². The van der Waals surface area contributed by atoms with Crippen molar-refractivity contribution in [1.29, 1.82) is 0 Å². The molecule has 0 radical (unpaired) electrons. The predicted octanol–water partition coefficient (Wildman–Crippen LogP) is 2.64. The summed E-state index contributed by atoms with van der Waals surface area (Å²) in [6, 6.07) is 5.90. The molecule has 1 atom stereocenters. The van der Waals surface area contributed by atoms with Gasteiger partial charge in [0.2, 0.25) is 0 Å². The summed E-state index contributed by atoms with van der Waals surface area (Å²) in [7, 11) is 0. The first-order valence-corrected chi connectivity index (χ1v) is 7.83. The number of aryl methyl sites for hydroxylation is 1. The van der Waals surface area contributed by atoms with Crippen molar-refractivity contribution >= 4 is 28.7 Å². The van der Waals surface area contributed by atoms with E-state index >= 15 is 0 Å². The molecule has 1 aromatic carbocycles. The average molecular weight is 326 g/mol. The Morgan fingerprint density at radius 1 is 1.17 bits per heavy atom. The van der Waals surface area contributed by atoms with Gasteiger partial charge in [-0.2, -0.15) is 0 Å². The van der Waals surface area contributed by atoms with Gasteiger partial charge in [0.15, 0.2) is 0 Å². The van der Waals surface area contributed by atoms with Crippen LogP contribution in [0.2, 0.25) is 0 Å². The molecule has 0 spiro atoms. The quantitative estimate of drug-likeness (QED) is 0.873. The molecule has 0 bridgehead atoms. The van der Waals surface area contributed by atoms with Gasteiger partial charge in [0.05, 0.1) is 22.3 Å². The topological polar surface area (TPSA) is 87.6 Å². The lowest BCUT2D eigenvalue weighted by Crippen LogP contribution is -2.45. The van der Waals surface area contributed by atoms with Crippen LogP contribution in [0.5, 0.6) is 0 Å². The summed E-state index contributed by atoms with van der Waals surface area (Å²) in [6.07, 6.45) is 0.214. The Bertz CT molecular complexity index is 873. The van der Waals surface area contributed by atoms with Crippen LogP contribution in [0.15, 0.2) is 24.3 Å². The van der Waals surface area contributed by atoms with Gasteiger partial charge in [-0.1, -0.05) is 32.0 Å². The van der Waals surface area contributed by atoms with E-state index in [0.29, 0.717) is 16.6 Å². The molecule has 1 unspecified atom stereocenters. The third-order valence-corrected chi connectivity index (χ3v) is 4.23. The van der Waals surface area contributed by atoms with E-state index in [2.05, 4.69) is 4.98 Å². The summed E-state index contributed by atoms with van der Waals surface area (Å²) < 4.78 is 0. The number of carbonyl (C=O) groups excluding carboxylic acids is 2. The second-order valence-corrected chi connectivity index (χ2v) is 6.43. The first-order valence-electron chi connectivity index (χ1n) is 7.83. The largest absolute Gasteiger partial charge is 0.480 e. The zero-order valence-electron chi connectivity index (χ0n) is 13.7. The third kappa shape index (κ3) is 2.35. The van der Waals surface area contributed by atoms with Gasteiger partial charge < -0.3 is 5.11 Å². The lowest BCUT2D eigenvalue weighted by Gasteiger charge is -2.23. The Morgan fingerprint density at radius 2 is 1.79 bits per heavy atom. The Kier molecular flexibility index (Phi) is 3.83. The number of amides is 2. The highest BCUT2D eigenvalue weighted by atomic mass is 16.4. The fourth-order valence-corrected chi connectivity index (χ4v) is 3.20. The van der Waals surface area contributed by atoms with Gasteiger partial charge in [0.1, 0.15) is 6.04 Å².